The largest absolute Gasteiger partial charge is 0.481 e. The summed E-state index contributed by atoms with van der Waals surface area (Å²) < 4.78 is 26.1. The van der Waals surface area contributed by atoms with Crippen LogP contribution in [0.3, 0.4) is 0 Å². The number of rotatable bonds is 12. The zero-order valence-corrected chi connectivity index (χ0v) is 22.3. The van der Waals surface area contributed by atoms with Gasteiger partial charge in [0.1, 0.15) is 0 Å². The fraction of sp³-hybridized carbons (Fsp3) is 0.250. The van der Waals surface area contributed by atoms with E-state index in [4.69, 9.17) is 5.11 Å². The summed E-state index contributed by atoms with van der Waals surface area (Å²) in [6, 6.07) is 20.7. The molecule has 206 valence electrons. The molecule has 0 bridgehead atoms. The van der Waals surface area contributed by atoms with Gasteiger partial charge in [-0.2, -0.15) is 0 Å². The number of nitrogens with one attached hydrogen (secondary N) is 3. The molecule has 0 heterocycles. The van der Waals surface area contributed by atoms with Crippen LogP contribution in [0.1, 0.15) is 51.2 Å². The number of aliphatic hydroxyl groups excluding tert-OH is 1. The van der Waals surface area contributed by atoms with E-state index in [0.29, 0.717) is 0 Å². The molecule has 5 N–H and O–H groups in total. The first-order valence-corrected chi connectivity index (χ1v) is 14.0. The molecule has 3 rings (SSSR count). The lowest BCUT2D eigenvalue weighted by Crippen LogP contribution is -2.45. The van der Waals surface area contributed by atoms with Crippen LogP contribution in [0.4, 0.5) is 5.69 Å². The Hall–Kier alpha value is -4.22. The van der Waals surface area contributed by atoms with Crippen LogP contribution >= 0.6 is 0 Å². The maximum absolute atomic E-state index is 13.3. The van der Waals surface area contributed by atoms with Crippen molar-refractivity contribution in [3.8, 4) is 0 Å². The van der Waals surface area contributed by atoms with E-state index in [2.05, 4.69) is 15.4 Å². The zero-order valence-electron chi connectivity index (χ0n) is 21.5. The number of carbonyl (C=O) groups excluding carboxylic acids is 2. The number of hydrogen-bond acceptors (Lipinski definition) is 6. The van der Waals surface area contributed by atoms with Crippen LogP contribution in [-0.2, 0) is 21.2 Å². The Balaban J connectivity index is 1.90. The van der Waals surface area contributed by atoms with E-state index in [-0.39, 0.29) is 29.3 Å². The molecule has 0 aliphatic carbocycles. The van der Waals surface area contributed by atoms with Gasteiger partial charge >= 0.3 is 5.97 Å². The van der Waals surface area contributed by atoms with Crippen molar-refractivity contribution < 1.29 is 33.0 Å². The average molecular weight is 554 g/mol. The lowest BCUT2D eigenvalue weighted by atomic mass is 9.98. The minimum atomic E-state index is -3.74. The molecule has 0 saturated heterocycles. The fourth-order valence-corrected chi connectivity index (χ4v) is 4.54. The number of carbonyl (C=O) groups is 3. The van der Waals surface area contributed by atoms with Crippen LogP contribution in [0.5, 0.6) is 0 Å². The molecule has 2 amide bonds. The van der Waals surface area contributed by atoms with Crippen LogP contribution < -0.4 is 15.4 Å². The zero-order chi connectivity index (χ0) is 28.6. The third kappa shape index (κ3) is 9.24. The Bertz CT molecular complexity index is 1410. The first-order valence-electron chi connectivity index (χ1n) is 12.1. The lowest BCUT2D eigenvalue weighted by molar-refractivity contribution is -0.139. The van der Waals surface area contributed by atoms with E-state index in [1.54, 1.807) is 37.3 Å². The average Bonchev–Trinajstić information content (AvgIpc) is 2.87. The van der Waals surface area contributed by atoms with E-state index < -0.39 is 46.4 Å². The quantitative estimate of drug-likeness (QED) is 0.230. The van der Waals surface area contributed by atoms with E-state index in [0.717, 1.165) is 17.4 Å². The molecule has 0 aromatic heterocycles. The van der Waals surface area contributed by atoms with Gasteiger partial charge in [0.2, 0.25) is 10.0 Å². The van der Waals surface area contributed by atoms with Crippen LogP contribution in [0, 0.1) is 0 Å². The summed E-state index contributed by atoms with van der Waals surface area (Å²) in [6.07, 6.45) is -0.920. The van der Waals surface area contributed by atoms with Gasteiger partial charge in [-0.25, -0.2) is 8.42 Å². The monoisotopic (exact) mass is 553 g/mol. The summed E-state index contributed by atoms with van der Waals surface area (Å²) >= 11 is 0. The summed E-state index contributed by atoms with van der Waals surface area (Å²) in [6.45, 7) is 1.79. The smallest absolute Gasteiger partial charge is 0.306 e. The lowest BCUT2D eigenvalue weighted by Gasteiger charge is -2.24. The Morgan fingerprint density at radius 1 is 0.846 bits per heavy atom. The van der Waals surface area contributed by atoms with Crippen molar-refractivity contribution in [2.75, 3.05) is 11.0 Å². The van der Waals surface area contributed by atoms with Crippen molar-refractivity contribution >= 4 is 33.5 Å². The van der Waals surface area contributed by atoms with Gasteiger partial charge in [-0.05, 0) is 42.7 Å². The van der Waals surface area contributed by atoms with Crippen molar-refractivity contribution in [1.82, 2.24) is 10.6 Å². The molecule has 0 fully saturated rings. The number of sulfonamides is 1. The minimum absolute atomic E-state index is 0.00615. The third-order valence-corrected chi connectivity index (χ3v) is 6.48. The molecule has 3 aromatic carbocycles. The number of amides is 2. The highest BCUT2D eigenvalue weighted by atomic mass is 32.2. The van der Waals surface area contributed by atoms with Crippen molar-refractivity contribution in [3.63, 3.8) is 0 Å². The molecule has 0 unspecified atom stereocenters. The number of benzene rings is 3. The van der Waals surface area contributed by atoms with Crippen LogP contribution in [0.15, 0.2) is 78.9 Å². The number of aliphatic hydroxyl groups is 1. The topological polar surface area (TPSA) is 162 Å². The van der Waals surface area contributed by atoms with E-state index in [1.807, 2.05) is 30.3 Å². The number of carboxylic acids is 1. The van der Waals surface area contributed by atoms with Gasteiger partial charge in [0.25, 0.3) is 11.8 Å². The van der Waals surface area contributed by atoms with Crippen molar-refractivity contribution in [2.24, 2.45) is 0 Å². The molecular formula is C28H31N3O7S. The summed E-state index contributed by atoms with van der Waals surface area (Å²) in [5.74, 6) is -2.49. The van der Waals surface area contributed by atoms with Gasteiger partial charge in [-0.15, -0.1) is 0 Å². The highest BCUT2D eigenvalue weighted by Crippen LogP contribution is 2.19. The van der Waals surface area contributed by atoms with Gasteiger partial charge in [0, 0.05) is 11.1 Å². The summed E-state index contributed by atoms with van der Waals surface area (Å²) in [5, 5.41) is 25.2. The maximum Gasteiger partial charge on any atom is 0.306 e. The SMILES string of the molecule is C[C@@H](NC(=O)c1cc(NS(C)(=O)=O)cc(C(=O)N[C@@H](Cc2ccccc2)[C@@H](O)CC(=O)O)c1)c1ccccc1. The van der Waals surface area contributed by atoms with Crippen molar-refractivity contribution in [2.45, 2.75) is 38.0 Å². The second-order valence-electron chi connectivity index (χ2n) is 9.21. The van der Waals surface area contributed by atoms with Crippen molar-refractivity contribution in [1.29, 1.82) is 0 Å². The van der Waals surface area contributed by atoms with Gasteiger partial charge in [0.05, 0.1) is 36.6 Å². The Morgan fingerprint density at radius 3 is 1.92 bits per heavy atom. The summed E-state index contributed by atoms with van der Waals surface area (Å²) in [5.41, 5.74) is 1.58. The normalized spacial score (nSPS) is 13.5. The fourth-order valence-electron chi connectivity index (χ4n) is 3.99. The molecule has 0 radical (unpaired) electrons. The van der Waals surface area contributed by atoms with Gasteiger partial charge in [-0.3, -0.25) is 19.1 Å². The van der Waals surface area contributed by atoms with E-state index >= 15 is 0 Å². The van der Waals surface area contributed by atoms with E-state index in [1.165, 1.54) is 18.2 Å². The van der Waals surface area contributed by atoms with Gasteiger partial charge in [-0.1, -0.05) is 60.7 Å². The van der Waals surface area contributed by atoms with Crippen LogP contribution in [-0.4, -0.2) is 54.8 Å². The molecule has 0 aliphatic rings. The highest BCUT2D eigenvalue weighted by molar-refractivity contribution is 7.92. The first-order chi connectivity index (χ1) is 18.4. The minimum Gasteiger partial charge on any atom is -0.481 e. The second kappa shape index (κ2) is 13.0. The Kier molecular flexibility index (Phi) is 9.80. The highest BCUT2D eigenvalue weighted by Gasteiger charge is 2.25. The second-order valence-corrected chi connectivity index (χ2v) is 11.0. The predicted octanol–water partition coefficient (Wildman–Crippen LogP) is 2.73. The maximum atomic E-state index is 13.3. The molecule has 10 nitrogen and oxygen atoms in total. The molecule has 3 aromatic rings. The van der Waals surface area contributed by atoms with Crippen LogP contribution in [0.25, 0.3) is 0 Å². The molecule has 39 heavy (non-hydrogen) atoms. The third-order valence-electron chi connectivity index (χ3n) is 5.87. The molecule has 11 heteroatoms. The van der Waals surface area contributed by atoms with Gasteiger partial charge < -0.3 is 20.8 Å². The predicted molar refractivity (Wildman–Crippen MR) is 147 cm³/mol. The molecular weight excluding hydrogens is 522 g/mol. The molecule has 0 saturated carbocycles. The van der Waals surface area contributed by atoms with E-state index in [9.17, 15) is 27.9 Å². The molecule has 3 atom stereocenters. The first kappa shape index (κ1) is 29.3. The summed E-state index contributed by atoms with van der Waals surface area (Å²) in [4.78, 5) is 37.6. The molecule has 0 spiro atoms. The molecule has 0 aliphatic heterocycles. The van der Waals surface area contributed by atoms with Crippen LogP contribution in [0.2, 0.25) is 0 Å². The van der Waals surface area contributed by atoms with Gasteiger partial charge in [0.15, 0.2) is 0 Å². The number of aliphatic carboxylic acids is 1. The Labute approximate surface area is 227 Å². The number of carboxylic acid groups (broad SMARTS) is 1. The number of hydrogen-bond donors (Lipinski definition) is 5. The summed E-state index contributed by atoms with van der Waals surface area (Å²) in [7, 11) is -3.74. The van der Waals surface area contributed by atoms with Crippen molar-refractivity contribution in [3.05, 3.63) is 101 Å². The standard InChI is InChI=1S/C28H31N3O7S/c1-18(20-11-7-4-8-12-20)29-27(35)21-14-22(16-23(15-21)31-39(2,37)38)28(36)30-24(25(32)17-26(33)34)13-19-9-5-3-6-10-19/h3-12,14-16,18,24-25,31-32H,13,17H2,1-2H3,(H,29,35)(H,30,36)(H,33,34)/t18-,24+,25+/m1/s1. The Morgan fingerprint density at radius 2 is 1.38 bits per heavy atom. The number of anilines is 1.